The molecule has 2 rings (SSSR count). The van der Waals surface area contributed by atoms with Gasteiger partial charge in [0, 0.05) is 50.1 Å². The van der Waals surface area contributed by atoms with Gasteiger partial charge in [-0.3, -0.25) is 19.6 Å². The summed E-state index contributed by atoms with van der Waals surface area (Å²) in [5.74, 6) is -0.191. The van der Waals surface area contributed by atoms with Gasteiger partial charge in [0.05, 0.1) is 11.1 Å². The maximum absolute atomic E-state index is 12.2. The van der Waals surface area contributed by atoms with Crippen LogP contribution in [0.3, 0.4) is 0 Å². The summed E-state index contributed by atoms with van der Waals surface area (Å²) in [7, 11) is 3.48. The molecule has 1 aromatic carbocycles. The van der Waals surface area contributed by atoms with E-state index in [-0.39, 0.29) is 11.6 Å². The molecular weight excluding hydrogens is 260 g/mol. The summed E-state index contributed by atoms with van der Waals surface area (Å²) < 4.78 is 1.67. The summed E-state index contributed by atoms with van der Waals surface area (Å²) in [5, 5.41) is 14.6. The van der Waals surface area contributed by atoms with Crippen molar-refractivity contribution in [1.82, 2.24) is 14.7 Å². The van der Waals surface area contributed by atoms with Crippen LogP contribution < -0.4 is 0 Å². The number of carbonyl (C=O) groups is 1. The van der Waals surface area contributed by atoms with Crippen molar-refractivity contribution < 1.29 is 9.72 Å². The number of nitrogens with zero attached hydrogens (tertiary/aromatic N) is 4. The van der Waals surface area contributed by atoms with E-state index < -0.39 is 4.92 Å². The largest absolute Gasteiger partial charge is 0.337 e. The Morgan fingerprint density at radius 1 is 1.40 bits per heavy atom. The number of rotatable bonds is 4. The molecular formula is C13H14N4O3. The second kappa shape index (κ2) is 5.52. The van der Waals surface area contributed by atoms with Crippen molar-refractivity contribution in [3.05, 3.63) is 57.9 Å². The topological polar surface area (TPSA) is 81.3 Å². The first-order chi connectivity index (χ1) is 9.47. The van der Waals surface area contributed by atoms with E-state index >= 15 is 0 Å². The number of hydrogen-bond donors (Lipinski definition) is 0. The second-order valence-electron chi connectivity index (χ2n) is 4.49. The molecule has 0 spiro atoms. The minimum Gasteiger partial charge on any atom is -0.337 e. The molecule has 0 fully saturated rings. The van der Waals surface area contributed by atoms with Gasteiger partial charge in [-0.05, 0) is 12.1 Å². The van der Waals surface area contributed by atoms with E-state index in [1.54, 1.807) is 17.9 Å². The lowest BCUT2D eigenvalue weighted by atomic mass is 10.2. The number of benzene rings is 1. The molecule has 104 valence electrons. The van der Waals surface area contributed by atoms with Crippen LogP contribution in [0.25, 0.3) is 0 Å². The predicted octanol–water partition coefficient (Wildman–Crippen LogP) is 1.60. The average molecular weight is 274 g/mol. The molecule has 2 aromatic rings. The molecule has 0 radical (unpaired) electrons. The number of nitro benzene ring substituents is 1. The number of carbonyl (C=O) groups excluding carboxylic acids is 1. The van der Waals surface area contributed by atoms with Gasteiger partial charge in [-0.15, -0.1) is 0 Å². The standard InChI is InChI=1S/C13H14N4O3/c1-15(8-10-7-14-16(2)9-10)13(18)11-3-5-12(6-4-11)17(19)20/h3-7,9H,8H2,1-2H3. The summed E-state index contributed by atoms with van der Waals surface area (Å²) in [6.45, 7) is 0.434. The van der Waals surface area contributed by atoms with E-state index in [1.807, 2.05) is 13.2 Å². The molecule has 0 saturated carbocycles. The van der Waals surface area contributed by atoms with Crippen molar-refractivity contribution in [1.29, 1.82) is 0 Å². The number of hydrogen-bond acceptors (Lipinski definition) is 4. The van der Waals surface area contributed by atoms with Crippen molar-refractivity contribution in [2.75, 3.05) is 7.05 Å². The first kappa shape index (κ1) is 13.7. The molecule has 20 heavy (non-hydrogen) atoms. The van der Waals surface area contributed by atoms with Crippen LogP contribution in [0.1, 0.15) is 15.9 Å². The molecule has 1 heterocycles. The molecule has 1 aromatic heterocycles. The highest BCUT2D eigenvalue weighted by molar-refractivity contribution is 5.94. The van der Waals surface area contributed by atoms with Crippen molar-refractivity contribution in [2.24, 2.45) is 7.05 Å². The van der Waals surface area contributed by atoms with E-state index in [2.05, 4.69) is 5.10 Å². The van der Waals surface area contributed by atoms with Gasteiger partial charge >= 0.3 is 0 Å². The average Bonchev–Trinajstić information content (AvgIpc) is 2.83. The van der Waals surface area contributed by atoms with E-state index in [1.165, 1.54) is 29.2 Å². The van der Waals surface area contributed by atoms with E-state index in [4.69, 9.17) is 0 Å². The maximum atomic E-state index is 12.2. The quantitative estimate of drug-likeness (QED) is 0.626. The number of amides is 1. The molecule has 0 aliphatic carbocycles. The number of aromatic nitrogens is 2. The Morgan fingerprint density at radius 3 is 2.55 bits per heavy atom. The third-order valence-corrected chi connectivity index (χ3v) is 2.85. The molecule has 0 N–H and O–H groups in total. The smallest absolute Gasteiger partial charge is 0.269 e. The SMILES string of the molecule is CN(Cc1cnn(C)c1)C(=O)c1ccc([N+](=O)[O-])cc1. The van der Waals surface area contributed by atoms with Gasteiger partial charge < -0.3 is 4.90 Å². The summed E-state index contributed by atoms with van der Waals surface area (Å²) in [4.78, 5) is 23.8. The van der Waals surface area contributed by atoms with Crippen LogP contribution in [0.15, 0.2) is 36.7 Å². The minimum atomic E-state index is -0.492. The Kier molecular flexibility index (Phi) is 3.79. The van der Waals surface area contributed by atoms with Crippen LogP contribution >= 0.6 is 0 Å². The van der Waals surface area contributed by atoms with Crippen LogP contribution in [0.2, 0.25) is 0 Å². The van der Waals surface area contributed by atoms with Gasteiger partial charge in [0.15, 0.2) is 0 Å². The molecule has 0 aliphatic rings. The fourth-order valence-corrected chi connectivity index (χ4v) is 1.85. The van der Waals surface area contributed by atoms with Gasteiger partial charge in [-0.1, -0.05) is 0 Å². The molecule has 0 atom stereocenters. The van der Waals surface area contributed by atoms with Crippen molar-refractivity contribution in [3.63, 3.8) is 0 Å². The Balaban J connectivity index is 2.08. The molecule has 0 aliphatic heterocycles. The molecule has 0 saturated heterocycles. The van der Waals surface area contributed by atoms with Gasteiger partial charge in [-0.2, -0.15) is 5.10 Å². The highest BCUT2D eigenvalue weighted by atomic mass is 16.6. The minimum absolute atomic E-state index is 0.0311. The van der Waals surface area contributed by atoms with Gasteiger partial charge in [-0.25, -0.2) is 0 Å². The monoisotopic (exact) mass is 274 g/mol. The van der Waals surface area contributed by atoms with Crippen LogP contribution in [0, 0.1) is 10.1 Å². The molecule has 1 amide bonds. The summed E-state index contributed by atoms with van der Waals surface area (Å²) in [5.41, 5.74) is 1.31. The van der Waals surface area contributed by atoms with Crippen LogP contribution in [-0.4, -0.2) is 32.6 Å². The van der Waals surface area contributed by atoms with Crippen LogP contribution in [-0.2, 0) is 13.6 Å². The number of aryl methyl sites for hydroxylation is 1. The first-order valence-corrected chi connectivity index (χ1v) is 5.95. The second-order valence-corrected chi connectivity index (χ2v) is 4.49. The lowest BCUT2D eigenvalue weighted by Crippen LogP contribution is -2.25. The first-order valence-electron chi connectivity index (χ1n) is 5.95. The van der Waals surface area contributed by atoms with Crippen molar-refractivity contribution in [3.8, 4) is 0 Å². The fraction of sp³-hybridized carbons (Fsp3) is 0.231. The third-order valence-electron chi connectivity index (χ3n) is 2.85. The van der Waals surface area contributed by atoms with Gasteiger partial charge in [0.1, 0.15) is 0 Å². The lowest BCUT2D eigenvalue weighted by molar-refractivity contribution is -0.384. The molecule has 0 unspecified atom stereocenters. The highest BCUT2D eigenvalue weighted by Crippen LogP contribution is 2.14. The zero-order chi connectivity index (χ0) is 14.7. The maximum Gasteiger partial charge on any atom is 0.269 e. The lowest BCUT2D eigenvalue weighted by Gasteiger charge is -2.16. The van der Waals surface area contributed by atoms with Crippen LogP contribution in [0.5, 0.6) is 0 Å². The molecule has 7 nitrogen and oxygen atoms in total. The zero-order valence-corrected chi connectivity index (χ0v) is 11.2. The Labute approximate surface area is 115 Å². The Hall–Kier alpha value is -2.70. The van der Waals surface area contributed by atoms with Gasteiger partial charge in [0.25, 0.3) is 11.6 Å². The van der Waals surface area contributed by atoms with Crippen molar-refractivity contribution >= 4 is 11.6 Å². The normalized spacial score (nSPS) is 10.3. The molecule has 0 bridgehead atoms. The summed E-state index contributed by atoms with van der Waals surface area (Å²) in [6, 6.07) is 5.57. The predicted molar refractivity (Wildman–Crippen MR) is 72.1 cm³/mol. The summed E-state index contributed by atoms with van der Waals surface area (Å²) >= 11 is 0. The number of non-ortho nitro benzene ring substituents is 1. The van der Waals surface area contributed by atoms with E-state index in [0.29, 0.717) is 12.1 Å². The zero-order valence-electron chi connectivity index (χ0n) is 11.2. The van der Waals surface area contributed by atoms with Crippen molar-refractivity contribution in [2.45, 2.75) is 6.54 Å². The third kappa shape index (κ3) is 3.00. The fourth-order valence-electron chi connectivity index (χ4n) is 1.85. The number of nitro groups is 1. The van der Waals surface area contributed by atoms with Crippen LogP contribution in [0.4, 0.5) is 5.69 Å². The Morgan fingerprint density at radius 2 is 2.05 bits per heavy atom. The summed E-state index contributed by atoms with van der Waals surface area (Å²) in [6.07, 6.45) is 3.53. The van der Waals surface area contributed by atoms with E-state index in [0.717, 1.165) is 5.56 Å². The molecule has 7 heteroatoms. The highest BCUT2D eigenvalue weighted by Gasteiger charge is 2.14. The van der Waals surface area contributed by atoms with E-state index in [9.17, 15) is 14.9 Å². The Bertz CT molecular complexity index is 633. The van der Waals surface area contributed by atoms with Gasteiger partial charge in [0.2, 0.25) is 0 Å².